The highest BCUT2D eigenvalue weighted by Crippen LogP contribution is 2.22. The Hall–Kier alpha value is -1.26. The van der Waals surface area contributed by atoms with Crippen LogP contribution in [0.2, 0.25) is 0 Å². The molecule has 1 fully saturated rings. The number of aliphatic hydroxyl groups excluding tert-OH is 1. The van der Waals surface area contributed by atoms with E-state index in [0.29, 0.717) is 5.92 Å². The van der Waals surface area contributed by atoms with Gasteiger partial charge >= 0.3 is 0 Å². The molecule has 0 radical (unpaired) electrons. The predicted molar refractivity (Wildman–Crippen MR) is 89.6 cm³/mol. The van der Waals surface area contributed by atoms with Gasteiger partial charge in [-0.3, -0.25) is 4.79 Å². The van der Waals surface area contributed by atoms with Gasteiger partial charge in [-0.05, 0) is 72.9 Å². The molecule has 1 aromatic rings. The number of rotatable bonds is 3. The standard InChI is InChI=1S/C17H23NO2S/c1-12-9-15(10-13(2)16(12)5-8-21)17(20)18-6-3-14(11-19)4-7-18/h5,8-10,14,19,21H,3-4,6-7,11H2,1-2H3/b8-5+. The molecule has 4 heteroatoms. The van der Waals surface area contributed by atoms with Gasteiger partial charge in [-0.2, -0.15) is 12.6 Å². The summed E-state index contributed by atoms with van der Waals surface area (Å²) in [6, 6.07) is 3.91. The van der Waals surface area contributed by atoms with Crippen LogP contribution >= 0.6 is 12.6 Å². The molecule has 1 saturated heterocycles. The van der Waals surface area contributed by atoms with Gasteiger partial charge in [-0.1, -0.05) is 0 Å². The van der Waals surface area contributed by atoms with E-state index in [9.17, 15) is 9.90 Å². The van der Waals surface area contributed by atoms with Crippen molar-refractivity contribution in [1.82, 2.24) is 4.90 Å². The summed E-state index contributed by atoms with van der Waals surface area (Å²) in [5.41, 5.74) is 4.06. The lowest BCUT2D eigenvalue weighted by molar-refractivity contribution is 0.0650. The molecular weight excluding hydrogens is 282 g/mol. The normalized spacial score (nSPS) is 16.7. The van der Waals surface area contributed by atoms with Crippen LogP contribution in [0.4, 0.5) is 0 Å². The average molecular weight is 305 g/mol. The van der Waals surface area contributed by atoms with Gasteiger partial charge in [0.1, 0.15) is 0 Å². The first-order valence-electron chi connectivity index (χ1n) is 7.39. The molecular formula is C17H23NO2S. The number of aliphatic hydroxyl groups is 1. The van der Waals surface area contributed by atoms with E-state index in [1.165, 1.54) is 0 Å². The number of carbonyl (C=O) groups is 1. The quantitative estimate of drug-likeness (QED) is 0.843. The fourth-order valence-electron chi connectivity index (χ4n) is 2.94. The number of thiol groups is 1. The fourth-order valence-corrected chi connectivity index (χ4v) is 3.09. The van der Waals surface area contributed by atoms with E-state index in [1.807, 2.05) is 37.0 Å². The number of hydrogen-bond donors (Lipinski definition) is 2. The zero-order valence-electron chi connectivity index (χ0n) is 12.7. The van der Waals surface area contributed by atoms with Crippen LogP contribution in [0.3, 0.4) is 0 Å². The van der Waals surface area contributed by atoms with Crippen LogP contribution < -0.4 is 0 Å². The Kier molecular flexibility index (Phi) is 5.48. The Bertz CT molecular complexity index is 523. The van der Waals surface area contributed by atoms with Crippen LogP contribution in [0.5, 0.6) is 0 Å². The largest absolute Gasteiger partial charge is 0.396 e. The van der Waals surface area contributed by atoms with Crippen molar-refractivity contribution < 1.29 is 9.90 Å². The van der Waals surface area contributed by atoms with Gasteiger partial charge in [0.15, 0.2) is 0 Å². The summed E-state index contributed by atoms with van der Waals surface area (Å²) in [5.74, 6) is 0.444. The molecule has 21 heavy (non-hydrogen) atoms. The first kappa shape index (κ1) is 16.1. The number of hydrogen-bond acceptors (Lipinski definition) is 3. The highest BCUT2D eigenvalue weighted by Gasteiger charge is 2.23. The molecule has 0 aliphatic carbocycles. The highest BCUT2D eigenvalue weighted by molar-refractivity contribution is 7.83. The summed E-state index contributed by atoms with van der Waals surface area (Å²) < 4.78 is 0. The monoisotopic (exact) mass is 305 g/mol. The number of nitrogens with zero attached hydrogens (tertiary/aromatic N) is 1. The van der Waals surface area contributed by atoms with Crippen molar-refractivity contribution in [2.75, 3.05) is 19.7 Å². The Balaban J connectivity index is 2.17. The molecule has 1 aromatic carbocycles. The van der Waals surface area contributed by atoms with Crippen LogP contribution in [-0.4, -0.2) is 35.6 Å². The number of amides is 1. The predicted octanol–water partition coefficient (Wildman–Crippen LogP) is 3.05. The molecule has 1 aliphatic rings. The first-order chi connectivity index (χ1) is 10.1. The molecule has 1 N–H and O–H groups in total. The molecule has 3 nitrogen and oxygen atoms in total. The van der Waals surface area contributed by atoms with Crippen molar-refractivity contribution >= 4 is 24.6 Å². The second-order valence-electron chi connectivity index (χ2n) is 5.76. The van der Waals surface area contributed by atoms with E-state index in [2.05, 4.69) is 12.6 Å². The summed E-state index contributed by atoms with van der Waals surface area (Å²) in [5, 5.41) is 10.9. The molecule has 1 amide bonds. The number of aryl methyl sites for hydroxylation is 2. The van der Waals surface area contributed by atoms with Crippen LogP contribution in [0.1, 0.15) is 39.9 Å². The van der Waals surface area contributed by atoms with E-state index in [0.717, 1.165) is 48.2 Å². The Morgan fingerprint density at radius 2 is 1.90 bits per heavy atom. The van der Waals surface area contributed by atoms with Crippen molar-refractivity contribution in [3.63, 3.8) is 0 Å². The molecule has 0 aromatic heterocycles. The van der Waals surface area contributed by atoms with E-state index in [1.54, 1.807) is 5.41 Å². The third kappa shape index (κ3) is 3.69. The molecule has 0 unspecified atom stereocenters. The zero-order chi connectivity index (χ0) is 15.4. The third-order valence-corrected chi connectivity index (χ3v) is 4.39. The lowest BCUT2D eigenvalue weighted by Crippen LogP contribution is -2.39. The maximum atomic E-state index is 12.6. The Labute approximate surface area is 132 Å². The van der Waals surface area contributed by atoms with Gasteiger partial charge in [0.25, 0.3) is 5.91 Å². The number of likely N-dealkylation sites (tertiary alicyclic amines) is 1. The molecule has 0 bridgehead atoms. The van der Waals surface area contributed by atoms with Crippen molar-refractivity contribution in [3.05, 3.63) is 39.8 Å². The van der Waals surface area contributed by atoms with Crippen molar-refractivity contribution in [2.24, 2.45) is 5.92 Å². The number of benzene rings is 1. The van der Waals surface area contributed by atoms with Crippen molar-refractivity contribution in [2.45, 2.75) is 26.7 Å². The second kappa shape index (κ2) is 7.14. The van der Waals surface area contributed by atoms with Crippen LogP contribution in [0, 0.1) is 19.8 Å². The van der Waals surface area contributed by atoms with Gasteiger partial charge in [-0.15, -0.1) is 0 Å². The number of piperidine rings is 1. The Morgan fingerprint density at radius 3 is 2.38 bits per heavy atom. The summed E-state index contributed by atoms with van der Waals surface area (Å²) in [6.07, 6.45) is 3.73. The van der Waals surface area contributed by atoms with E-state index < -0.39 is 0 Å². The lowest BCUT2D eigenvalue weighted by atomic mass is 9.95. The molecule has 1 aliphatic heterocycles. The second-order valence-corrected chi connectivity index (χ2v) is 6.06. The number of carbonyl (C=O) groups excluding carboxylic acids is 1. The maximum Gasteiger partial charge on any atom is 0.253 e. The summed E-state index contributed by atoms with van der Waals surface area (Å²) in [6.45, 7) is 5.74. The molecule has 0 atom stereocenters. The minimum absolute atomic E-state index is 0.0963. The summed E-state index contributed by atoms with van der Waals surface area (Å²) >= 11 is 4.12. The topological polar surface area (TPSA) is 40.5 Å². The SMILES string of the molecule is Cc1cc(C(=O)N2CCC(CO)CC2)cc(C)c1/C=C/S. The zero-order valence-corrected chi connectivity index (χ0v) is 13.6. The van der Waals surface area contributed by atoms with Gasteiger partial charge < -0.3 is 10.0 Å². The summed E-state index contributed by atoms with van der Waals surface area (Å²) in [7, 11) is 0. The van der Waals surface area contributed by atoms with E-state index >= 15 is 0 Å². The highest BCUT2D eigenvalue weighted by atomic mass is 32.1. The molecule has 0 spiro atoms. The molecule has 1 heterocycles. The van der Waals surface area contributed by atoms with Gasteiger partial charge in [0, 0.05) is 25.3 Å². The molecule has 2 rings (SSSR count). The maximum absolute atomic E-state index is 12.6. The van der Waals surface area contributed by atoms with E-state index in [-0.39, 0.29) is 12.5 Å². The molecule has 114 valence electrons. The van der Waals surface area contributed by atoms with Crippen molar-refractivity contribution in [1.29, 1.82) is 0 Å². The first-order valence-corrected chi connectivity index (χ1v) is 7.90. The van der Waals surface area contributed by atoms with Crippen LogP contribution in [-0.2, 0) is 0 Å². The molecule has 0 saturated carbocycles. The van der Waals surface area contributed by atoms with Gasteiger partial charge in [0.2, 0.25) is 0 Å². The summed E-state index contributed by atoms with van der Waals surface area (Å²) in [4.78, 5) is 14.5. The minimum atomic E-state index is 0.0963. The Morgan fingerprint density at radius 1 is 1.33 bits per heavy atom. The van der Waals surface area contributed by atoms with Crippen LogP contribution in [0.25, 0.3) is 6.08 Å². The van der Waals surface area contributed by atoms with Crippen molar-refractivity contribution in [3.8, 4) is 0 Å². The average Bonchev–Trinajstić information content (AvgIpc) is 2.50. The lowest BCUT2D eigenvalue weighted by Gasteiger charge is -2.31. The van der Waals surface area contributed by atoms with Gasteiger partial charge in [0.05, 0.1) is 0 Å². The smallest absolute Gasteiger partial charge is 0.253 e. The minimum Gasteiger partial charge on any atom is -0.396 e. The third-order valence-electron chi connectivity index (χ3n) is 4.24. The fraction of sp³-hybridized carbons (Fsp3) is 0.471. The van der Waals surface area contributed by atoms with E-state index in [4.69, 9.17) is 0 Å². The van der Waals surface area contributed by atoms with Crippen LogP contribution in [0.15, 0.2) is 17.5 Å². The van der Waals surface area contributed by atoms with Gasteiger partial charge in [-0.25, -0.2) is 0 Å².